The van der Waals surface area contributed by atoms with Gasteiger partial charge >= 0.3 is 0 Å². The second-order valence-electron chi connectivity index (χ2n) is 11.7. The Hall–Kier alpha value is -0.680. The highest BCUT2D eigenvalue weighted by Crippen LogP contribution is 2.32. The molecule has 1 saturated carbocycles. The van der Waals surface area contributed by atoms with Crippen LogP contribution in [-0.2, 0) is 18.9 Å². The molecule has 13 atom stereocenters. The van der Waals surface area contributed by atoms with Gasteiger partial charge in [0.1, 0.15) is 36.6 Å². The number of ether oxygens (including phenoxy) is 4. The van der Waals surface area contributed by atoms with Gasteiger partial charge in [-0.15, -0.1) is 0 Å². The number of hydrogen-bond donors (Lipinski definition) is 13. The number of aliphatic hydroxyl groups excluding tert-OH is 7. The molecule has 2 saturated heterocycles. The first kappa shape index (κ1) is 38.5. The molecule has 8 unspecified atom stereocenters. The van der Waals surface area contributed by atoms with Crippen molar-refractivity contribution < 1.29 is 59.8 Å². The van der Waals surface area contributed by atoms with Crippen LogP contribution in [0.15, 0.2) is 0 Å². The number of nitrogens with two attached hydrogens (primary N) is 3. The first-order valence-electron chi connectivity index (χ1n) is 14.8. The van der Waals surface area contributed by atoms with Crippen molar-refractivity contribution in [1.82, 2.24) is 10.6 Å². The third-order valence-corrected chi connectivity index (χ3v) is 7.79. The lowest BCUT2D eigenvalue weighted by Crippen LogP contribution is -2.67. The topological polar surface area (TPSA) is 301 Å². The van der Waals surface area contributed by atoms with Gasteiger partial charge < -0.3 is 87.6 Å². The van der Waals surface area contributed by atoms with E-state index in [2.05, 4.69) is 16.4 Å². The summed E-state index contributed by atoms with van der Waals surface area (Å²) in [5, 5.41) is 88.1. The molecule has 17 nitrogen and oxygen atoms in total. The summed E-state index contributed by atoms with van der Waals surface area (Å²) in [7, 11) is 1.50. The van der Waals surface area contributed by atoms with Gasteiger partial charge in [0.05, 0.1) is 43.7 Å². The Morgan fingerprint density at radius 2 is 1.67 bits per heavy atom. The fourth-order valence-corrected chi connectivity index (χ4v) is 5.52. The molecule has 256 valence electrons. The Labute approximate surface area is 252 Å². The zero-order valence-corrected chi connectivity index (χ0v) is 25.0. The van der Waals surface area contributed by atoms with Gasteiger partial charge in [0, 0.05) is 38.0 Å². The minimum absolute atomic E-state index is 0.0251. The molecule has 17 heteroatoms. The van der Waals surface area contributed by atoms with Gasteiger partial charge in [0.15, 0.2) is 12.6 Å². The van der Waals surface area contributed by atoms with Crippen molar-refractivity contribution in [3.63, 3.8) is 0 Å². The van der Waals surface area contributed by atoms with Crippen LogP contribution >= 0.6 is 0 Å². The van der Waals surface area contributed by atoms with Gasteiger partial charge in [-0.2, -0.15) is 0 Å². The van der Waals surface area contributed by atoms with Gasteiger partial charge in [0.2, 0.25) is 0 Å². The van der Waals surface area contributed by atoms with E-state index in [0.717, 1.165) is 0 Å². The van der Waals surface area contributed by atoms with Crippen molar-refractivity contribution in [1.29, 1.82) is 0 Å². The predicted molar refractivity (Wildman–Crippen MR) is 152 cm³/mol. The molecule has 0 aromatic carbocycles. The smallest absolute Gasteiger partial charge is 0.184 e. The standard InChI is InChI=1S/C25H50N4O12.CH5N/c1-25(37)6-17(34)24(38-11-25)41-23-15(29-12(9-30)10-31)4-14(27)22(21(23)36)40-19-5-16(33)20(35)18(39-19)8-28-7-13(32)2-3-26;1-2/h12-24,28-37H,2-11,26-27H2,1H3;2H2,1H3/t13?,14?,15?,16?,17?,18?,19-,20+,21?,22-,23+,24?,25-;/m1./s1. The molecule has 1 aliphatic carbocycles. The molecule has 3 fully saturated rings. The highest BCUT2D eigenvalue weighted by molar-refractivity contribution is 5.02. The van der Waals surface area contributed by atoms with Crippen LogP contribution in [0.25, 0.3) is 0 Å². The third kappa shape index (κ3) is 11.3. The predicted octanol–water partition coefficient (Wildman–Crippen LogP) is -6.27. The molecule has 0 spiro atoms. The lowest BCUT2D eigenvalue weighted by atomic mass is 9.83. The van der Waals surface area contributed by atoms with E-state index < -0.39 is 98.4 Å². The normalized spacial score (nSPS) is 41.0. The summed E-state index contributed by atoms with van der Waals surface area (Å²) in [6.45, 7) is 1.23. The quantitative estimate of drug-likeness (QED) is 0.0850. The maximum Gasteiger partial charge on any atom is 0.184 e. The molecule has 0 aromatic rings. The van der Waals surface area contributed by atoms with E-state index in [0.29, 0.717) is 13.0 Å². The summed E-state index contributed by atoms with van der Waals surface area (Å²) in [5.41, 5.74) is 15.1. The van der Waals surface area contributed by atoms with Crippen LogP contribution in [0.2, 0.25) is 0 Å². The third-order valence-electron chi connectivity index (χ3n) is 7.79. The van der Waals surface area contributed by atoms with Crippen molar-refractivity contribution in [3.8, 4) is 0 Å². The van der Waals surface area contributed by atoms with Crippen molar-refractivity contribution in [2.75, 3.05) is 46.5 Å². The SMILES string of the molecule is CN.C[C@]1(O)COC(O[C@H]2C(NC(CO)CO)CC(N)[C@@H](O[C@@H]3CC(O)[C@H](O)C(CNCC(O)CCN)O3)C2O)C(O)C1. The van der Waals surface area contributed by atoms with Crippen LogP contribution in [-0.4, -0.2) is 172 Å². The Kier molecular flexibility index (Phi) is 16.5. The van der Waals surface area contributed by atoms with Gasteiger partial charge in [-0.25, -0.2) is 0 Å². The molecule has 16 N–H and O–H groups in total. The maximum atomic E-state index is 11.4. The summed E-state index contributed by atoms with van der Waals surface area (Å²) in [5.74, 6) is 0. The van der Waals surface area contributed by atoms with Crippen LogP contribution in [0.4, 0.5) is 0 Å². The summed E-state index contributed by atoms with van der Waals surface area (Å²) in [6, 6.07) is -2.22. The zero-order valence-electron chi connectivity index (χ0n) is 25.0. The Bertz CT molecular complexity index is 772. The molecule has 3 aliphatic rings. The Morgan fingerprint density at radius 1 is 1.00 bits per heavy atom. The van der Waals surface area contributed by atoms with E-state index in [1.807, 2.05) is 0 Å². The molecular formula is C26H55N5O12. The highest BCUT2D eigenvalue weighted by Gasteiger charge is 2.49. The number of nitrogens with one attached hydrogen (secondary N) is 2. The molecular weight excluding hydrogens is 574 g/mol. The van der Waals surface area contributed by atoms with Crippen LogP contribution in [0.3, 0.4) is 0 Å². The average molecular weight is 630 g/mol. The number of hydrogen-bond acceptors (Lipinski definition) is 17. The van der Waals surface area contributed by atoms with Crippen LogP contribution < -0.4 is 27.8 Å². The van der Waals surface area contributed by atoms with Crippen molar-refractivity contribution in [2.24, 2.45) is 17.2 Å². The summed E-state index contributed by atoms with van der Waals surface area (Å²) >= 11 is 0. The summed E-state index contributed by atoms with van der Waals surface area (Å²) in [6.07, 6.45) is -10.6. The first-order valence-corrected chi connectivity index (χ1v) is 14.8. The number of rotatable bonds is 14. The van der Waals surface area contributed by atoms with Crippen LogP contribution in [0, 0.1) is 0 Å². The zero-order chi connectivity index (χ0) is 32.3. The van der Waals surface area contributed by atoms with Gasteiger partial charge in [-0.1, -0.05) is 0 Å². The second-order valence-corrected chi connectivity index (χ2v) is 11.7. The van der Waals surface area contributed by atoms with E-state index in [9.17, 15) is 40.9 Å². The van der Waals surface area contributed by atoms with Gasteiger partial charge in [0.25, 0.3) is 0 Å². The van der Waals surface area contributed by atoms with Crippen LogP contribution in [0.1, 0.15) is 32.6 Å². The molecule has 2 heterocycles. The van der Waals surface area contributed by atoms with E-state index in [1.54, 1.807) is 0 Å². The monoisotopic (exact) mass is 629 g/mol. The molecule has 0 radical (unpaired) electrons. The lowest BCUT2D eigenvalue weighted by molar-refractivity contribution is -0.309. The van der Waals surface area contributed by atoms with Gasteiger partial charge in [-0.3, -0.25) is 0 Å². The van der Waals surface area contributed by atoms with E-state index in [1.165, 1.54) is 14.0 Å². The van der Waals surface area contributed by atoms with E-state index in [-0.39, 0.29) is 39.0 Å². The first-order chi connectivity index (χ1) is 20.4. The van der Waals surface area contributed by atoms with Gasteiger partial charge in [-0.05, 0) is 33.4 Å². The van der Waals surface area contributed by atoms with Crippen LogP contribution in [0.5, 0.6) is 0 Å². The molecule has 43 heavy (non-hydrogen) atoms. The lowest BCUT2D eigenvalue weighted by Gasteiger charge is -2.48. The molecule has 2 aliphatic heterocycles. The second kappa shape index (κ2) is 18.5. The Morgan fingerprint density at radius 3 is 2.28 bits per heavy atom. The largest absolute Gasteiger partial charge is 0.395 e. The maximum absolute atomic E-state index is 11.4. The average Bonchev–Trinajstić information content (AvgIpc) is 2.96. The number of aliphatic hydroxyl groups is 8. The molecule has 3 rings (SSSR count). The minimum Gasteiger partial charge on any atom is -0.395 e. The summed E-state index contributed by atoms with van der Waals surface area (Å²) in [4.78, 5) is 0. The molecule has 0 aromatic heterocycles. The van der Waals surface area contributed by atoms with Crippen molar-refractivity contribution in [3.05, 3.63) is 0 Å². The molecule has 0 bridgehead atoms. The fraction of sp³-hybridized carbons (Fsp3) is 1.00. The highest BCUT2D eigenvalue weighted by atomic mass is 16.7. The van der Waals surface area contributed by atoms with E-state index in [4.69, 9.17) is 30.4 Å². The fourth-order valence-electron chi connectivity index (χ4n) is 5.52. The molecule has 0 amide bonds. The van der Waals surface area contributed by atoms with Crippen molar-refractivity contribution >= 4 is 0 Å². The Balaban J connectivity index is 0.00000316. The minimum atomic E-state index is -1.41. The summed E-state index contributed by atoms with van der Waals surface area (Å²) < 4.78 is 23.5. The van der Waals surface area contributed by atoms with Crippen molar-refractivity contribution in [2.45, 2.75) is 118 Å². The van der Waals surface area contributed by atoms with E-state index >= 15 is 0 Å².